The second-order valence-corrected chi connectivity index (χ2v) is 7.87. The summed E-state index contributed by atoms with van der Waals surface area (Å²) in [6.07, 6.45) is 0. The Morgan fingerprint density at radius 1 is 1.27 bits per heavy atom. The van der Waals surface area contributed by atoms with E-state index < -0.39 is 15.9 Å². The molecule has 136 valence electrons. The van der Waals surface area contributed by atoms with Crippen LogP contribution in [-0.2, 0) is 10.0 Å². The lowest BCUT2D eigenvalue weighted by Crippen LogP contribution is -2.31. The van der Waals surface area contributed by atoms with Crippen molar-refractivity contribution in [1.82, 2.24) is 9.71 Å². The number of sulfonamides is 1. The van der Waals surface area contributed by atoms with Crippen LogP contribution in [0.2, 0.25) is 0 Å². The van der Waals surface area contributed by atoms with Crippen molar-refractivity contribution in [2.24, 2.45) is 0 Å². The van der Waals surface area contributed by atoms with Gasteiger partial charge < -0.3 is 9.15 Å². The van der Waals surface area contributed by atoms with Crippen LogP contribution in [0.4, 0.5) is 0 Å². The first kappa shape index (κ1) is 18.2. The minimum absolute atomic E-state index is 0.0473. The molecule has 0 unspecified atom stereocenters. The molecule has 1 aromatic carbocycles. The normalized spacial score (nSPS) is 11.3. The molecule has 0 radical (unpaired) electrons. The highest BCUT2D eigenvalue weighted by Crippen LogP contribution is 2.26. The van der Waals surface area contributed by atoms with Crippen molar-refractivity contribution in [3.05, 3.63) is 53.2 Å². The zero-order valence-electron chi connectivity index (χ0n) is 14.1. The van der Waals surface area contributed by atoms with Crippen LogP contribution in [0.5, 0.6) is 5.75 Å². The van der Waals surface area contributed by atoms with Gasteiger partial charge in [-0.2, -0.15) is 0 Å². The van der Waals surface area contributed by atoms with E-state index in [-0.39, 0.29) is 22.2 Å². The van der Waals surface area contributed by atoms with Gasteiger partial charge in [0.15, 0.2) is 5.69 Å². The lowest BCUT2D eigenvalue weighted by molar-refractivity contribution is 0.0975. The van der Waals surface area contributed by atoms with Crippen LogP contribution in [0.1, 0.15) is 23.2 Å². The van der Waals surface area contributed by atoms with Crippen LogP contribution in [0.15, 0.2) is 51.1 Å². The van der Waals surface area contributed by atoms with E-state index in [1.165, 1.54) is 35.6 Å². The zero-order valence-corrected chi connectivity index (χ0v) is 15.7. The van der Waals surface area contributed by atoms with Crippen molar-refractivity contribution in [3.63, 3.8) is 0 Å². The van der Waals surface area contributed by atoms with Gasteiger partial charge in [0, 0.05) is 0 Å². The predicted molar refractivity (Wildman–Crippen MR) is 96.8 cm³/mol. The highest BCUT2D eigenvalue weighted by Gasteiger charge is 2.24. The van der Waals surface area contributed by atoms with Crippen molar-refractivity contribution in [1.29, 1.82) is 0 Å². The average Bonchev–Trinajstić information content (AvgIpc) is 3.24. The fraction of sp³-hybridized carbons (Fsp3) is 0.176. The number of hydrogen-bond donors (Lipinski definition) is 1. The maximum absolute atomic E-state index is 12.4. The van der Waals surface area contributed by atoms with E-state index in [0.717, 1.165) is 4.88 Å². The number of nitrogens with one attached hydrogen (secondary N) is 1. The molecule has 2 aromatic heterocycles. The summed E-state index contributed by atoms with van der Waals surface area (Å²) < 4.78 is 37.6. The van der Waals surface area contributed by atoms with Crippen molar-refractivity contribution in [2.45, 2.75) is 18.7 Å². The first-order valence-corrected chi connectivity index (χ1v) is 10.1. The zero-order chi connectivity index (χ0) is 18.7. The number of aromatic nitrogens is 1. The van der Waals surface area contributed by atoms with E-state index in [0.29, 0.717) is 12.4 Å². The molecule has 7 nitrogen and oxygen atoms in total. The minimum atomic E-state index is -4.03. The maximum Gasteiger partial charge on any atom is 0.287 e. The molecular formula is C17H16N2O5S2. The van der Waals surface area contributed by atoms with Crippen LogP contribution in [-0.4, -0.2) is 25.9 Å². The number of rotatable bonds is 6. The number of carbonyl (C=O) groups excluding carboxylic acids is 1. The lowest BCUT2D eigenvalue weighted by Gasteiger charge is -2.07. The minimum Gasteiger partial charge on any atom is -0.494 e. The first-order chi connectivity index (χ1) is 12.4. The molecule has 0 bridgehead atoms. The van der Waals surface area contributed by atoms with Gasteiger partial charge in [0.2, 0.25) is 5.89 Å². The quantitative estimate of drug-likeness (QED) is 0.691. The third-order valence-corrected chi connectivity index (χ3v) is 5.62. The van der Waals surface area contributed by atoms with E-state index in [1.807, 2.05) is 23.1 Å². The highest BCUT2D eigenvalue weighted by molar-refractivity contribution is 7.90. The number of oxazole rings is 1. The van der Waals surface area contributed by atoms with Crippen molar-refractivity contribution in [2.75, 3.05) is 6.61 Å². The monoisotopic (exact) mass is 392 g/mol. The average molecular weight is 392 g/mol. The highest BCUT2D eigenvalue weighted by atomic mass is 32.2. The van der Waals surface area contributed by atoms with Gasteiger partial charge in [-0.1, -0.05) is 6.07 Å². The fourth-order valence-electron chi connectivity index (χ4n) is 2.22. The second-order valence-electron chi connectivity index (χ2n) is 5.24. The van der Waals surface area contributed by atoms with E-state index in [9.17, 15) is 13.2 Å². The molecule has 0 aliphatic heterocycles. The van der Waals surface area contributed by atoms with Gasteiger partial charge >= 0.3 is 0 Å². The summed E-state index contributed by atoms with van der Waals surface area (Å²) in [4.78, 5) is 17.2. The molecule has 1 N–H and O–H groups in total. The summed E-state index contributed by atoms with van der Waals surface area (Å²) in [5.74, 6) is 0.225. The molecule has 26 heavy (non-hydrogen) atoms. The number of thiophene rings is 1. The maximum atomic E-state index is 12.4. The molecule has 9 heteroatoms. The van der Waals surface area contributed by atoms with Gasteiger partial charge in [-0.15, -0.1) is 11.3 Å². The van der Waals surface area contributed by atoms with Crippen LogP contribution in [0.3, 0.4) is 0 Å². The van der Waals surface area contributed by atoms with Gasteiger partial charge in [0.05, 0.1) is 16.4 Å². The Kier molecular flexibility index (Phi) is 5.10. The standard InChI is InChI=1S/C17H16N2O5S2/c1-3-23-12-6-8-13(9-7-12)26(21,22)19-16(20)15-11(2)24-17(18-15)14-5-4-10-25-14/h4-10H,3H2,1-2H3,(H,19,20). The largest absolute Gasteiger partial charge is 0.494 e. The van der Waals surface area contributed by atoms with E-state index in [4.69, 9.17) is 9.15 Å². The smallest absolute Gasteiger partial charge is 0.287 e. The SMILES string of the molecule is CCOc1ccc(S(=O)(=O)NC(=O)c2nc(-c3cccs3)oc2C)cc1. The third kappa shape index (κ3) is 3.78. The Morgan fingerprint density at radius 3 is 2.62 bits per heavy atom. The van der Waals surface area contributed by atoms with Crippen LogP contribution in [0, 0.1) is 6.92 Å². The number of carbonyl (C=O) groups is 1. The van der Waals surface area contributed by atoms with E-state index in [1.54, 1.807) is 13.0 Å². The molecule has 0 atom stereocenters. The molecule has 1 amide bonds. The number of amides is 1. The molecule has 0 fully saturated rings. The van der Waals surface area contributed by atoms with Crippen LogP contribution >= 0.6 is 11.3 Å². The molecule has 2 heterocycles. The molecule has 0 spiro atoms. The molecule has 0 saturated carbocycles. The summed E-state index contributed by atoms with van der Waals surface area (Å²) in [7, 11) is -4.03. The Labute approximate surface area is 154 Å². The predicted octanol–water partition coefficient (Wildman–Crippen LogP) is 3.23. The van der Waals surface area contributed by atoms with Crippen LogP contribution in [0.25, 0.3) is 10.8 Å². The lowest BCUT2D eigenvalue weighted by atomic mass is 10.3. The fourth-order valence-corrected chi connectivity index (χ4v) is 3.83. The molecule has 3 aromatic rings. The Balaban J connectivity index is 1.80. The van der Waals surface area contributed by atoms with Crippen molar-refractivity contribution >= 4 is 27.3 Å². The van der Waals surface area contributed by atoms with Gasteiger partial charge in [-0.05, 0) is 49.6 Å². The molecule has 0 aliphatic carbocycles. The number of nitrogens with zero attached hydrogens (tertiary/aromatic N) is 1. The van der Waals surface area contributed by atoms with Crippen molar-refractivity contribution in [3.8, 4) is 16.5 Å². The molecule has 0 aliphatic rings. The molecule has 0 saturated heterocycles. The first-order valence-electron chi connectivity index (χ1n) is 7.72. The number of aryl methyl sites for hydroxylation is 1. The Morgan fingerprint density at radius 2 is 2.00 bits per heavy atom. The number of benzene rings is 1. The molecule has 3 rings (SSSR count). The summed E-state index contributed by atoms with van der Waals surface area (Å²) >= 11 is 1.41. The van der Waals surface area contributed by atoms with Crippen LogP contribution < -0.4 is 9.46 Å². The Hall–Kier alpha value is -2.65. The summed E-state index contributed by atoms with van der Waals surface area (Å²) in [6, 6.07) is 9.42. The summed E-state index contributed by atoms with van der Waals surface area (Å²) in [6.45, 7) is 3.86. The molecular weight excluding hydrogens is 376 g/mol. The second kappa shape index (κ2) is 7.30. The summed E-state index contributed by atoms with van der Waals surface area (Å²) in [5.41, 5.74) is -0.0667. The topological polar surface area (TPSA) is 98.5 Å². The van der Waals surface area contributed by atoms with Gasteiger partial charge in [-0.25, -0.2) is 18.1 Å². The van der Waals surface area contributed by atoms with E-state index in [2.05, 4.69) is 4.98 Å². The third-order valence-electron chi connectivity index (χ3n) is 3.42. The van der Waals surface area contributed by atoms with Gasteiger partial charge in [0.1, 0.15) is 11.5 Å². The summed E-state index contributed by atoms with van der Waals surface area (Å²) in [5, 5.41) is 1.85. The number of ether oxygens (including phenoxy) is 1. The Bertz CT molecular complexity index is 1010. The van der Waals surface area contributed by atoms with E-state index >= 15 is 0 Å². The van der Waals surface area contributed by atoms with Crippen molar-refractivity contribution < 1.29 is 22.4 Å². The van der Waals surface area contributed by atoms with Gasteiger partial charge in [0.25, 0.3) is 15.9 Å². The number of hydrogen-bond acceptors (Lipinski definition) is 7. The van der Waals surface area contributed by atoms with Gasteiger partial charge in [-0.3, -0.25) is 4.79 Å².